The zero-order valence-electron chi connectivity index (χ0n) is 10.8. The Morgan fingerprint density at radius 3 is 2.79 bits per heavy atom. The topological polar surface area (TPSA) is 75.6 Å². The molecule has 1 fully saturated rings. The van der Waals surface area contributed by atoms with Crippen molar-refractivity contribution < 1.29 is 19.4 Å². The molecule has 1 aromatic rings. The van der Waals surface area contributed by atoms with Crippen LogP contribution in [0.15, 0.2) is 24.3 Å². The molecule has 19 heavy (non-hydrogen) atoms. The number of nitrogens with one attached hydrogen (secondary N) is 1. The van der Waals surface area contributed by atoms with Crippen molar-refractivity contribution in [3.05, 3.63) is 29.8 Å². The average Bonchev–Trinajstić information content (AvgIpc) is 3.20. The standard InChI is InChI=1S/C14H17NO4/c1-2-19-11-5-3-4-10(8-11)12(14(17)18)15-13(16)9-6-7-9/h3-5,8-9,12H,2,6-7H2,1H3,(H,15,16)(H,17,18). The van der Waals surface area contributed by atoms with Crippen molar-refractivity contribution in [3.63, 3.8) is 0 Å². The largest absolute Gasteiger partial charge is 0.494 e. The number of carbonyl (C=O) groups is 2. The molecule has 0 spiro atoms. The third-order valence-corrected chi connectivity index (χ3v) is 2.98. The van der Waals surface area contributed by atoms with Crippen LogP contribution in [0.25, 0.3) is 0 Å². The molecule has 1 saturated carbocycles. The third kappa shape index (κ3) is 3.47. The number of hydrogen-bond acceptors (Lipinski definition) is 3. The number of rotatable bonds is 6. The Hall–Kier alpha value is -2.04. The summed E-state index contributed by atoms with van der Waals surface area (Å²) in [6.07, 6.45) is 1.69. The van der Waals surface area contributed by atoms with Gasteiger partial charge in [-0.1, -0.05) is 12.1 Å². The molecule has 1 aromatic carbocycles. The van der Waals surface area contributed by atoms with Crippen molar-refractivity contribution in [2.24, 2.45) is 5.92 Å². The average molecular weight is 263 g/mol. The van der Waals surface area contributed by atoms with Crippen LogP contribution >= 0.6 is 0 Å². The van der Waals surface area contributed by atoms with Crippen molar-refractivity contribution in [2.75, 3.05) is 6.61 Å². The second-order valence-corrected chi connectivity index (χ2v) is 4.56. The highest BCUT2D eigenvalue weighted by Gasteiger charge is 2.33. The van der Waals surface area contributed by atoms with Gasteiger partial charge in [-0.3, -0.25) is 4.79 Å². The molecule has 0 saturated heterocycles. The van der Waals surface area contributed by atoms with Gasteiger partial charge in [0.05, 0.1) is 6.61 Å². The lowest BCUT2D eigenvalue weighted by Crippen LogP contribution is -2.34. The zero-order chi connectivity index (χ0) is 13.8. The Morgan fingerprint density at radius 2 is 2.21 bits per heavy atom. The van der Waals surface area contributed by atoms with E-state index in [0.29, 0.717) is 17.9 Å². The van der Waals surface area contributed by atoms with Gasteiger partial charge in [-0.2, -0.15) is 0 Å². The first-order chi connectivity index (χ1) is 9.11. The van der Waals surface area contributed by atoms with Crippen LogP contribution in [-0.4, -0.2) is 23.6 Å². The fourth-order valence-corrected chi connectivity index (χ4v) is 1.84. The predicted octanol–water partition coefficient (Wildman–Crippen LogP) is 1.74. The summed E-state index contributed by atoms with van der Waals surface area (Å²) < 4.78 is 5.34. The number of carbonyl (C=O) groups excluding carboxylic acids is 1. The number of carboxylic acid groups (broad SMARTS) is 1. The quantitative estimate of drug-likeness (QED) is 0.819. The lowest BCUT2D eigenvalue weighted by Gasteiger charge is -2.15. The molecule has 102 valence electrons. The monoisotopic (exact) mass is 263 g/mol. The van der Waals surface area contributed by atoms with Gasteiger partial charge in [0.2, 0.25) is 5.91 Å². The molecule has 5 heteroatoms. The van der Waals surface area contributed by atoms with Gasteiger partial charge in [0.25, 0.3) is 0 Å². The maximum absolute atomic E-state index is 11.7. The van der Waals surface area contributed by atoms with Crippen LogP contribution in [0.5, 0.6) is 5.75 Å². The third-order valence-electron chi connectivity index (χ3n) is 2.98. The van der Waals surface area contributed by atoms with Crippen molar-refractivity contribution in [1.82, 2.24) is 5.32 Å². The van der Waals surface area contributed by atoms with Crippen LogP contribution in [0, 0.1) is 5.92 Å². The molecule has 2 rings (SSSR count). The molecule has 1 aliphatic rings. The lowest BCUT2D eigenvalue weighted by atomic mass is 10.1. The number of ether oxygens (including phenoxy) is 1. The van der Waals surface area contributed by atoms with Gasteiger partial charge in [-0.15, -0.1) is 0 Å². The highest BCUT2D eigenvalue weighted by atomic mass is 16.5. The van der Waals surface area contributed by atoms with Crippen LogP contribution in [0.3, 0.4) is 0 Å². The first-order valence-corrected chi connectivity index (χ1v) is 6.37. The Morgan fingerprint density at radius 1 is 1.47 bits per heavy atom. The van der Waals surface area contributed by atoms with Crippen molar-refractivity contribution in [1.29, 1.82) is 0 Å². The van der Waals surface area contributed by atoms with Crippen LogP contribution in [-0.2, 0) is 9.59 Å². The SMILES string of the molecule is CCOc1cccc(C(NC(=O)C2CC2)C(=O)O)c1. The van der Waals surface area contributed by atoms with E-state index in [4.69, 9.17) is 4.74 Å². The minimum absolute atomic E-state index is 0.0167. The zero-order valence-corrected chi connectivity index (χ0v) is 10.8. The lowest BCUT2D eigenvalue weighted by molar-refractivity contribution is -0.142. The van der Waals surface area contributed by atoms with Gasteiger partial charge in [0.15, 0.2) is 6.04 Å². The first-order valence-electron chi connectivity index (χ1n) is 6.37. The molecule has 1 unspecified atom stereocenters. The fourth-order valence-electron chi connectivity index (χ4n) is 1.84. The summed E-state index contributed by atoms with van der Waals surface area (Å²) in [5, 5.41) is 11.8. The van der Waals surface area contributed by atoms with Gasteiger partial charge in [-0.05, 0) is 37.5 Å². The van der Waals surface area contributed by atoms with Crippen molar-refractivity contribution >= 4 is 11.9 Å². The molecule has 0 bridgehead atoms. The van der Waals surface area contributed by atoms with Gasteiger partial charge in [0.1, 0.15) is 5.75 Å². The van der Waals surface area contributed by atoms with E-state index in [0.717, 1.165) is 12.8 Å². The summed E-state index contributed by atoms with van der Waals surface area (Å²) in [5.41, 5.74) is 0.521. The van der Waals surface area contributed by atoms with E-state index in [-0.39, 0.29) is 11.8 Å². The summed E-state index contributed by atoms with van der Waals surface area (Å²) in [6.45, 7) is 2.37. The van der Waals surface area contributed by atoms with Crippen molar-refractivity contribution in [3.8, 4) is 5.75 Å². The molecule has 1 aliphatic carbocycles. The Balaban J connectivity index is 2.15. The first kappa shape index (κ1) is 13.4. The number of benzene rings is 1. The minimum atomic E-state index is -1.07. The normalized spacial score (nSPS) is 15.6. The number of hydrogen-bond donors (Lipinski definition) is 2. The second kappa shape index (κ2) is 5.73. The summed E-state index contributed by atoms with van der Waals surface area (Å²) in [6, 6.07) is 5.78. The Bertz CT molecular complexity index is 482. The maximum Gasteiger partial charge on any atom is 0.330 e. The van der Waals surface area contributed by atoms with Gasteiger partial charge < -0.3 is 15.2 Å². The Kier molecular flexibility index (Phi) is 4.04. The minimum Gasteiger partial charge on any atom is -0.494 e. The molecular formula is C14H17NO4. The maximum atomic E-state index is 11.7. The van der Waals surface area contributed by atoms with E-state index in [1.54, 1.807) is 24.3 Å². The second-order valence-electron chi connectivity index (χ2n) is 4.56. The molecule has 1 atom stereocenters. The van der Waals surface area contributed by atoms with E-state index in [1.807, 2.05) is 6.92 Å². The molecule has 2 N–H and O–H groups in total. The smallest absolute Gasteiger partial charge is 0.330 e. The molecule has 0 aliphatic heterocycles. The van der Waals surface area contributed by atoms with E-state index in [9.17, 15) is 14.7 Å². The fraction of sp³-hybridized carbons (Fsp3) is 0.429. The molecule has 0 aromatic heterocycles. The molecule has 1 amide bonds. The van der Waals surface area contributed by atoms with E-state index < -0.39 is 12.0 Å². The summed E-state index contributed by atoms with van der Waals surface area (Å²) in [7, 11) is 0. The molecule has 0 radical (unpaired) electrons. The molecule has 0 heterocycles. The van der Waals surface area contributed by atoms with E-state index in [1.165, 1.54) is 0 Å². The molecular weight excluding hydrogens is 246 g/mol. The highest BCUT2D eigenvalue weighted by molar-refractivity contribution is 5.87. The number of aliphatic carboxylic acids is 1. The van der Waals surface area contributed by atoms with E-state index >= 15 is 0 Å². The Labute approximate surface area is 111 Å². The predicted molar refractivity (Wildman–Crippen MR) is 68.9 cm³/mol. The van der Waals surface area contributed by atoms with Crippen LogP contribution in [0.4, 0.5) is 0 Å². The van der Waals surface area contributed by atoms with Gasteiger partial charge in [0, 0.05) is 5.92 Å². The van der Waals surface area contributed by atoms with Gasteiger partial charge in [-0.25, -0.2) is 4.79 Å². The molecule has 5 nitrogen and oxygen atoms in total. The van der Waals surface area contributed by atoms with Crippen LogP contribution < -0.4 is 10.1 Å². The summed E-state index contributed by atoms with van der Waals surface area (Å²) in [5.74, 6) is -0.666. The van der Waals surface area contributed by atoms with Gasteiger partial charge >= 0.3 is 5.97 Å². The van der Waals surface area contributed by atoms with Crippen LogP contribution in [0.2, 0.25) is 0 Å². The number of amides is 1. The number of carboxylic acids is 1. The van der Waals surface area contributed by atoms with Crippen molar-refractivity contribution in [2.45, 2.75) is 25.8 Å². The van der Waals surface area contributed by atoms with Crippen LogP contribution in [0.1, 0.15) is 31.4 Å². The summed E-state index contributed by atoms with van der Waals surface area (Å²) in [4.78, 5) is 23.0. The summed E-state index contributed by atoms with van der Waals surface area (Å²) >= 11 is 0. The highest BCUT2D eigenvalue weighted by Crippen LogP contribution is 2.30. The van der Waals surface area contributed by atoms with E-state index in [2.05, 4.69) is 5.32 Å².